The molecular weight excluding hydrogens is 196 g/mol. The van der Waals surface area contributed by atoms with Crippen LogP contribution in [0.15, 0.2) is 0 Å². The Labute approximate surface area is 101 Å². The number of likely N-dealkylation sites (tertiary alicyclic amines) is 1. The molecule has 1 saturated heterocycles. The van der Waals surface area contributed by atoms with Crippen LogP contribution < -0.4 is 5.32 Å². The van der Waals surface area contributed by atoms with Gasteiger partial charge in [0.1, 0.15) is 0 Å². The third kappa shape index (κ3) is 3.21. The Kier molecular flexibility index (Phi) is 4.26. The predicted octanol–water partition coefficient (Wildman–Crippen LogP) is 2.64. The molecule has 94 valence electrons. The van der Waals surface area contributed by atoms with Crippen LogP contribution in [-0.2, 0) is 0 Å². The molecule has 2 aliphatic rings. The number of piperidine rings is 1. The Morgan fingerprint density at radius 2 is 2.06 bits per heavy atom. The van der Waals surface area contributed by atoms with Gasteiger partial charge in [-0.3, -0.25) is 0 Å². The zero-order chi connectivity index (χ0) is 11.4. The van der Waals surface area contributed by atoms with E-state index in [0.29, 0.717) is 5.41 Å². The molecule has 0 bridgehead atoms. The van der Waals surface area contributed by atoms with E-state index in [2.05, 4.69) is 24.2 Å². The molecule has 0 spiro atoms. The van der Waals surface area contributed by atoms with Crippen LogP contribution in [0.25, 0.3) is 0 Å². The van der Waals surface area contributed by atoms with Crippen LogP contribution in [0.2, 0.25) is 0 Å². The summed E-state index contributed by atoms with van der Waals surface area (Å²) in [6.45, 7) is 6.19. The van der Waals surface area contributed by atoms with Gasteiger partial charge in [0.05, 0.1) is 0 Å². The minimum Gasteiger partial charge on any atom is -0.316 e. The van der Waals surface area contributed by atoms with Crippen LogP contribution in [0, 0.1) is 5.41 Å². The summed E-state index contributed by atoms with van der Waals surface area (Å²) in [4.78, 5) is 2.55. The van der Waals surface area contributed by atoms with E-state index in [0.717, 1.165) is 6.04 Å². The molecule has 1 atom stereocenters. The second kappa shape index (κ2) is 5.50. The van der Waals surface area contributed by atoms with Crippen LogP contribution in [0.3, 0.4) is 0 Å². The van der Waals surface area contributed by atoms with Crippen molar-refractivity contribution in [3.63, 3.8) is 0 Å². The highest BCUT2D eigenvalue weighted by Gasteiger charge is 2.31. The van der Waals surface area contributed by atoms with Crippen LogP contribution in [-0.4, -0.2) is 37.6 Å². The van der Waals surface area contributed by atoms with Crippen molar-refractivity contribution in [1.82, 2.24) is 10.2 Å². The van der Waals surface area contributed by atoms with Gasteiger partial charge in [0, 0.05) is 12.6 Å². The first-order chi connectivity index (χ1) is 7.70. The topological polar surface area (TPSA) is 15.3 Å². The monoisotopic (exact) mass is 224 g/mol. The quantitative estimate of drug-likeness (QED) is 0.722. The van der Waals surface area contributed by atoms with E-state index in [1.807, 2.05) is 0 Å². The lowest BCUT2D eigenvalue weighted by Crippen LogP contribution is -2.41. The van der Waals surface area contributed by atoms with Gasteiger partial charge in [-0.05, 0) is 57.7 Å². The largest absolute Gasteiger partial charge is 0.316 e. The van der Waals surface area contributed by atoms with E-state index in [-0.39, 0.29) is 0 Å². The summed E-state index contributed by atoms with van der Waals surface area (Å²) in [5, 5.41) is 3.67. The Morgan fingerprint density at radius 3 is 2.69 bits per heavy atom. The van der Waals surface area contributed by atoms with Crippen molar-refractivity contribution in [2.45, 2.75) is 57.9 Å². The first-order valence-corrected chi connectivity index (χ1v) is 7.11. The third-order valence-electron chi connectivity index (χ3n) is 4.69. The third-order valence-corrected chi connectivity index (χ3v) is 4.69. The van der Waals surface area contributed by atoms with Crippen molar-refractivity contribution in [2.75, 3.05) is 26.7 Å². The molecule has 1 unspecified atom stereocenters. The average molecular weight is 224 g/mol. The first-order valence-electron chi connectivity index (χ1n) is 7.11. The maximum atomic E-state index is 3.67. The van der Waals surface area contributed by atoms with Gasteiger partial charge >= 0.3 is 0 Å². The standard InChI is InChI=1S/C14H28N2/c1-14(8-5-9-14)12-15-10-7-13-6-3-4-11-16(13)2/h13,15H,3-12H2,1-2H3. The van der Waals surface area contributed by atoms with E-state index in [9.17, 15) is 0 Å². The first kappa shape index (κ1) is 12.4. The summed E-state index contributed by atoms with van der Waals surface area (Å²) in [5.41, 5.74) is 0.637. The Hall–Kier alpha value is -0.0800. The van der Waals surface area contributed by atoms with E-state index in [1.54, 1.807) is 0 Å². The summed E-state index contributed by atoms with van der Waals surface area (Å²) in [6, 6.07) is 0.843. The summed E-state index contributed by atoms with van der Waals surface area (Å²) in [7, 11) is 2.29. The number of rotatable bonds is 5. The van der Waals surface area contributed by atoms with Gasteiger partial charge < -0.3 is 10.2 Å². The Bertz CT molecular complexity index is 211. The fraction of sp³-hybridized carbons (Fsp3) is 1.00. The van der Waals surface area contributed by atoms with Crippen molar-refractivity contribution >= 4 is 0 Å². The summed E-state index contributed by atoms with van der Waals surface area (Å²) in [6.07, 6.45) is 9.91. The number of hydrogen-bond donors (Lipinski definition) is 1. The lowest BCUT2D eigenvalue weighted by molar-refractivity contribution is 0.148. The minimum absolute atomic E-state index is 0.637. The van der Waals surface area contributed by atoms with E-state index >= 15 is 0 Å². The Balaban J connectivity index is 1.56. The zero-order valence-corrected chi connectivity index (χ0v) is 11.1. The van der Waals surface area contributed by atoms with Gasteiger partial charge in [0.25, 0.3) is 0 Å². The second-order valence-corrected chi connectivity index (χ2v) is 6.26. The van der Waals surface area contributed by atoms with E-state index < -0.39 is 0 Å². The van der Waals surface area contributed by atoms with Crippen LogP contribution in [0.4, 0.5) is 0 Å². The second-order valence-electron chi connectivity index (χ2n) is 6.26. The molecule has 2 heteroatoms. The highest BCUT2D eigenvalue weighted by atomic mass is 15.1. The summed E-state index contributed by atoms with van der Waals surface area (Å²) < 4.78 is 0. The molecule has 1 heterocycles. The SMILES string of the molecule is CN1CCCCC1CCNCC1(C)CCC1. The zero-order valence-electron chi connectivity index (χ0n) is 11.1. The highest BCUT2D eigenvalue weighted by Crippen LogP contribution is 2.39. The van der Waals surface area contributed by atoms with E-state index in [4.69, 9.17) is 0 Å². The van der Waals surface area contributed by atoms with Crippen LogP contribution >= 0.6 is 0 Å². The molecule has 1 aliphatic carbocycles. The normalized spacial score (nSPS) is 30.0. The molecular formula is C14H28N2. The molecule has 1 aliphatic heterocycles. The number of nitrogens with one attached hydrogen (secondary N) is 1. The predicted molar refractivity (Wildman–Crippen MR) is 69.7 cm³/mol. The van der Waals surface area contributed by atoms with Crippen molar-refractivity contribution in [3.05, 3.63) is 0 Å². The molecule has 0 aromatic rings. The molecule has 2 fully saturated rings. The smallest absolute Gasteiger partial charge is 0.0104 e. The highest BCUT2D eigenvalue weighted by molar-refractivity contribution is 4.85. The van der Waals surface area contributed by atoms with Gasteiger partial charge in [-0.1, -0.05) is 19.8 Å². The van der Waals surface area contributed by atoms with Crippen LogP contribution in [0.1, 0.15) is 51.9 Å². The molecule has 2 nitrogen and oxygen atoms in total. The molecule has 0 radical (unpaired) electrons. The maximum Gasteiger partial charge on any atom is 0.0104 e. The molecule has 0 amide bonds. The molecule has 2 rings (SSSR count). The maximum absolute atomic E-state index is 3.67. The fourth-order valence-corrected chi connectivity index (χ4v) is 3.12. The Morgan fingerprint density at radius 1 is 1.25 bits per heavy atom. The van der Waals surface area contributed by atoms with Gasteiger partial charge in [-0.25, -0.2) is 0 Å². The number of hydrogen-bond acceptors (Lipinski definition) is 2. The molecule has 1 saturated carbocycles. The van der Waals surface area contributed by atoms with Crippen LogP contribution in [0.5, 0.6) is 0 Å². The van der Waals surface area contributed by atoms with Gasteiger partial charge in [0.2, 0.25) is 0 Å². The van der Waals surface area contributed by atoms with Crippen molar-refractivity contribution in [1.29, 1.82) is 0 Å². The molecule has 16 heavy (non-hydrogen) atoms. The summed E-state index contributed by atoms with van der Waals surface area (Å²) in [5.74, 6) is 0. The lowest BCUT2D eigenvalue weighted by atomic mass is 9.70. The van der Waals surface area contributed by atoms with Gasteiger partial charge in [-0.2, -0.15) is 0 Å². The lowest BCUT2D eigenvalue weighted by Gasteiger charge is -2.39. The van der Waals surface area contributed by atoms with Crippen molar-refractivity contribution in [2.24, 2.45) is 5.41 Å². The van der Waals surface area contributed by atoms with Gasteiger partial charge in [0.15, 0.2) is 0 Å². The van der Waals surface area contributed by atoms with E-state index in [1.165, 1.54) is 64.6 Å². The fourth-order valence-electron chi connectivity index (χ4n) is 3.12. The molecule has 1 N–H and O–H groups in total. The van der Waals surface area contributed by atoms with Crippen molar-refractivity contribution in [3.8, 4) is 0 Å². The minimum atomic E-state index is 0.637. The molecule has 0 aromatic carbocycles. The molecule has 0 aromatic heterocycles. The summed E-state index contributed by atoms with van der Waals surface area (Å²) >= 11 is 0. The average Bonchev–Trinajstić information content (AvgIpc) is 2.24. The van der Waals surface area contributed by atoms with Crippen molar-refractivity contribution < 1.29 is 0 Å². The van der Waals surface area contributed by atoms with Gasteiger partial charge in [-0.15, -0.1) is 0 Å². The number of nitrogens with zero attached hydrogens (tertiary/aromatic N) is 1.